The molecule has 0 radical (unpaired) electrons. The van der Waals surface area contributed by atoms with Crippen LogP contribution in [0.3, 0.4) is 0 Å². The molecule has 1 amide bonds. The van der Waals surface area contributed by atoms with Crippen molar-refractivity contribution in [3.8, 4) is 17.2 Å². The minimum absolute atomic E-state index is 0.0488. The number of rotatable bonds is 10. The van der Waals surface area contributed by atoms with E-state index >= 15 is 0 Å². The monoisotopic (exact) mass is 335 g/mol. The van der Waals surface area contributed by atoms with Gasteiger partial charge in [0.25, 0.3) is 0 Å². The Morgan fingerprint density at radius 2 is 1.71 bits per heavy atom. The zero-order valence-corrected chi connectivity index (χ0v) is 14.6. The van der Waals surface area contributed by atoms with Crippen LogP contribution < -0.4 is 5.32 Å². The van der Waals surface area contributed by atoms with Crippen LogP contribution in [-0.4, -0.2) is 27.8 Å². The molecule has 0 aliphatic heterocycles. The first-order valence-electron chi connectivity index (χ1n) is 8.55. The lowest BCUT2D eigenvalue weighted by Crippen LogP contribution is -2.28. The third-order valence-electron chi connectivity index (χ3n) is 4.12. The van der Waals surface area contributed by atoms with Crippen molar-refractivity contribution in [2.24, 2.45) is 0 Å². The number of phenolic OH excluding ortho intramolecular Hbond substituents is 3. The maximum Gasteiger partial charge on any atom is 0.246 e. The third-order valence-corrected chi connectivity index (χ3v) is 4.12. The van der Waals surface area contributed by atoms with Crippen LogP contribution in [0.1, 0.15) is 63.9 Å². The summed E-state index contributed by atoms with van der Waals surface area (Å²) in [5.74, 6) is -1.49. The van der Waals surface area contributed by atoms with E-state index in [1.807, 2.05) is 0 Å². The van der Waals surface area contributed by atoms with Crippen molar-refractivity contribution < 1.29 is 20.1 Å². The van der Waals surface area contributed by atoms with E-state index in [0.717, 1.165) is 19.3 Å². The Labute approximate surface area is 144 Å². The number of unbranched alkanes of at least 4 members (excludes halogenated alkanes) is 4. The largest absolute Gasteiger partial charge is 0.504 e. The molecule has 1 aromatic rings. The Balaban J connectivity index is 2.79. The maximum absolute atomic E-state index is 11.7. The van der Waals surface area contributed by atoms with Crippen LogP contribution in [0.4, 0.5) is 0 Å². The van der Waals surface area contributed by atoms with Crippen molar-refractivity contribution in [2.75, 3.05) is 6.54 Å². The molecule has 24 heavy (non-hydrogen) atoms. The van der Waals surface area contributed by atoms with E-state index in [2.05, 4.69) is 18.8 Å². The molecule has 0 aliphatic carbocycles. The van der Waals surface area contributed by atoms with E-state index in [9.17, 15) is 20.1 Å². The molecule has 1 aromatic carbocycles. The number of nitrogens with one attached hydrogen (secondary N) is 1. The van der Waals surface area contributed by atoms with Gasteiger partial charge in [-0.3, -0.25) is 4.79 Å². The molecule has 0 bridgehead atoms. The third kappa shape index (κ3) is 6.14. The lowest BCUT2D eigenvalue weighted by molar-refractivity contribution is -0.117. The summed E-state index contributed by atoms with van der Waals surface area (Å²) in [4.78, 5) is 11.7. The average molecular weight is 335 g/mol. The highest BCUT2D eigenvalue weighted by Crippen LogP contribution is 2.38. The number of carbonyl (C=O) groups is 1. The topological polar surface area (TPSA) is 89.8 Å². The van der Waals surface area contributed by atoms with Gasteiger partial charge < -0.3 is 20.6 Å². The second kappa shape index (κ2) is 9.85. The summed E-state index contributed by atoms with van der Waals surface area (Å²) >= 11 is 0. The summed E-state index contributed by atoms with van der Waals surface area (Å²) in [6.07, 6.45) is 6.48. The van der Waals surface area contributed by atoms with Gasteiger partial charge in [-0.25, -0.2) is 0 Å². The van der Waals surface area contributed by atoms with Crippen LogP contribution in [-0.2, 0) is 4.79 Å². The molecule has 0 saturated heterocycles. The van der Waals surface area contributed by atoms with Crippen molar-refractivity contribution in [3.05, 3.63) is 29.8 Å². The summed E-state index contributed by atoms with van der Waals surface area (Å²) in [6, 6.07) is 2.89. The number of hydrogen-bond donors (Lipinski definition) is 4. The second-order valence-corrected chi connectivity index (χ2v) is 6.30. The van der Waals surface area contributed by atoms with E-state index in [1.54, 1.807) is 6.92 Å². The molecule has 5 heteroatoms. The molecule has 0 saturated carbocycles. The smallest absolute Gasteiger partial charge is 0.246 e. The number of amides is 1. The van der Waals surface area contributed by atoms with Crippen molar-refractivity contribution in [1.29, 1.82) is 0 Å². The van der Waals surface area contributed by atoms with Gasteiger partial charge in [0.2, 0.25) is 5.91 Å². The first-order chi connectivity index (χ1) is 11.4. The van der Waals surface area contributed by atoms with Crippen LogP contribution in [0.5, 0.6) is 17.2 Å². The highest BCUT2D eigenvalue weighted by Gasteiger charge is 2.17. The molecule has 134 valence electrons. The lowest BCUT2D eigenvalue weighted by Gasteiger charge is -2.19. The molecule has 0 fully saturated rings. The van der Waals surface area contributed by atoms with E-state index < -0.39 is 5.75 Å². The van der Waals surface area contributed by atoms with E-state index in [-0.39, 0.29) is 23.3 Å². The molecule has 1 rings (SSSR count). The Morgan fingerprint density at radius 3 is 2.25 bits per heavy atom. The fraction of sp³-hybridized carbons (Fsp3) is 0.526. The van der Waals surface area contributed by atoms with Crippen molar-refractivity contribution in [2.45, 2.75) is 58.3 Å². The number of hydrogen-bond acceptors (Lipinski definition) is 4. The quantitative estimate of drug-likeness (QED) is 0.296. The van der Waals surface area contributed by atoms with Gasteiger partial charge in [-0.15, -0.1) is 0 Å². The van der Waals surface area contributed by atoms with E-state index in [4.69, 9.17) is 0 Å². The summed E-state index contributed by atoms with van der Waals surface area (Å²) < 4.78 is 0. The first-order valence-corrected chi connectivity index (χ1v) is 8.55. The molecule has 5 nitrogen and oxygen atoms in total. The van der Waals surface area contributed by atoms with Gasteiger partial charge >= 0.3 is 0 Å². The Hall–Kier alpha value is -2.17. The van der Waals surface area contributed by atoms with Gasteiger partial charge in [-0.1, -0.05) is 45.6 Å². The zero-order chi connectivity index (χ0) is 18.1. The fourth-order valence-corrected chi connectivity index (χ4v) is 2.61. The fourth-order valence-electron chi connectivity index (χ4n) is 2.61. The highest BCUT2D eigenvalue weighted by atomic mass is 16.3. The minimum Gasteiger partial charge on any atom is -0.504 e. The van der Waals surface area contributed by atoms with Crippen molar-refractivity contribution >= 4 is 5.91 Å². The molecular formula is C19H29NO4. The number of aromatic hydroxyl groups is 3. The van der Waals surface area contributed by atoms with Gasteiger partial charge in [0.15, 0.2) is 17.2 Å². The van der Waals surface area contributed by atoms with Crippen LogP contribution >= 0.6 is 0 Å². The molecule has 1 atom stereocenters. The standard InChI is InChI=1S/C19H29NO4/c1-4-5-6-7-8-9-14(12-20-19(24)13(2)3)15-10-16(21)18(23)17(22)11-15/h10-11,14,21-23H,2,4-9,12H2,1,3H3,(H,20,24). The normalized spacial score (nSPS) is 11.9. The number of benzene rings is 1. The van der Waals surface area contributed by atoms with E-state index in [1.165, 1.54) is 31.4 Å². The molecular weight excluding hydrogens is 306 g/mol. The zero-order valence-electron chi connectivity index (χ0n) is 14.6. The summed E-state index contributed by atoms with van der Waals surface area (Å²) in [5.41, 5.74) is 1.13. The van der Waals surface area contributed by atoms with Gasteiger partial charge in [-0.2, -0.15) is 0 Å². The number of phenols is 3. The average Bonchev–Trinajstić information content (AvgIpc) is 2.54. The first kappa shape index (κ1) is 19.9. The summed E-state index contributed by atoms with van der Waals surface area (Å²) in [5, 5.41) is 31.8. The molecule has 4 N–H and O–H groups in total. The van der Waals surface area contributed by atoms with Crippen LogP contribution in [0, 0.1) is 0 Å². The molecule has 1 unspecified atom stereocenters. The maximum atomic E-state index is 11.7. The molecule has 0 aromatic heterocycles. The van der Waals surface area contributed by atoms with Crippen LogP contribution in [0.25, 0.3) is 0 Å². The van der Waals surface area contributed by atoms with Gasteiger partial charge in [0.05, 0.1) is 0 Å². The van der Waals surface area contributed by atoms with Crippen LogP contribution in [0.15, 0.2) is 24.3 Å². The predicted octanol–water partition coefficient (Wildman–Crippen LogP) is 3.94. The van der Waals surface area contributed by atoms with Crippen LogP contribution in [0.2, 0.25) is 0 Å². The van der Waals surface area contributed by atoms with E-state index in [0.29, 0.717) is 17.7 Å². The summed E-state index contributed by atoms with van der Waals surface area (Å²) in [7, 11) is 0. The Bertz CT molecular complexity index is 545. The predicted molar refractivity (Wildman–Crippen MR) is 95.4 cm³/mol. The van der Waals surface area contributed by atoms with Crippen molar-refractivity contribution in [3.63, 3.8) is 0 Å². The highest BCUT2D eigenvalue weighted by molar-refractivity contribution is 5.92. The Kier molecular flexibility index (Phi) is 8.16. The lowest BCUT2D eigenvalue weighted by atomic mass is 9.92. The molecule has 0 heterocycles. The molecule has 0 spiro atoms. The molecule has 0 aliphatic rings. The van der Waals surface area contributed by atoms with Gasteiger partial charge in [0, 0.05) is 18.0 Å². The number of carbonyl (C=O) groups excluding carboxylic acids is 1. The van der Waals surface area contributed by atoms with Crippen molar-refractivity contribution in [1.82, 2.24) is 5.32 Å². The van der Waals surface area contributed by atoms with Gasteiger partial charge in [0.1, 0.15) is 0 Å². The second-order valence-electron chi connectivity index (χ2n) is 6.30. The SMILES string of the molecule is C=C(C)C(=O)NCC(CCCCCCC)c1cc(O)c(O)c(O)c1. The minimum atomic E-state index is -0.522. The van der Waals surface area contributed by atoms with Gasteiger partial charge in [-0.05, 0) is 31.0 Å². The summed E-state index contributed by atoms with van der Waals surface area (Å²) in [6.45, 7) is 7.82. The Morgan fingerprint density at radius 1 is 1.12 bits per heavy atom.